The first-order valence-corrected chi connectivity index (χ1v) is 9.93. The zero-order valence-corrected chi connectivity index (χ0v) is 16.3. The molecule has 2 aliphatic rings. The SMILES string of the molecule is COCCN1CCC[C@@](O)(CN2CCN(c3nc4ccccc4o3)CC2)C1=O. The van der Waals surface area contributed by atoms with Crippen molar-refractivity contribution < 1.29 is 19.1 Å². The molecular formula is C20H28N4O4. The second kappa shape index (κ2) is 8.06. The highest BCUT2D eigenvalue weighted by Crippen LogP contribution is 2.26. The number of nitrogens with zero attached hydrogens (tertiary/aromatic N) is 4. The summed E-state index contributed by atoms with van der Waals surface area (Å²) >= 11 is 0. The number of oxazole rings is 1. The first kappa shape index (κ1) is 19.2. The van der Waals surface area contributed by atoms with Crippen LogP contribution in [0.5, 0.6) is 0 Å². The third-order valence-corrected chi connectivity index (χ3v) is 5.68. The lowest BCUT2D eigenvalue weighted by atomic mass is 9.91. The third-order valence-electron chi connectivity index (χ3n) is 5.68. The number of amides is 1. The van der Waals surface area contributed by atoms with Crippen LogP contribution in [0.15, 0.2) is 28.7 Å². The van der Waals surface area contributed by atoms with Gasteiger partial charge in [-0.1, -0.05) is 12.1 Å². The van der Waals surface area contributed by atoms with Crippen LogP contribution in [-0.4, -0.2) is 90.9 Å². The van der Waals surface area contributed by atoms with Crippen LogP contribution in [0.25, 0.3) is 11.1 Å². The summed E-state index contributed by atoms with van der Waals surface area (Å²) in [5, 5.41) is 11.0. The van der Waals surface area contributed by atoms with Crippen LogP contribution < -0.4 is 4.90 Å². The molecular weight excluding hydrogens is 360 g/mol. The summed E-state index contributed by atoms with van der Waals surface area (Å²) in [5.74, 6) is -0.169. The van der Waals surface area contributed by atoms with E-state index < -0.39 is 5.60 Å². The van der Waals surface area contributed by atoms with Crippen molar-refractivity contribution >= 4 is 23.0 Å². The fraction of sp³-hybridized carbons (Fsp3) is 0.600. The summed E-state index contributed by atoms with van der Waals surface area (Å²) in [6.45, 7) is 5.11. The molecule has 2 aromatic rings. The number of aliphatic hydroxyl groups is 1. The lowest BCUT2D eigenvalue weighted by Crippen LogP contribution is -2.61. The minimum Gasteiger partial charge on any atom is -0.423 e. The molecule has 8 heteroatoms. The molecule has 0 spiro atoms. The molecule has 0 aliphatic carbocycles. The lowest BCUT2D eigenvalue weighted by Gasteiger charge is -2.42. The monoisotopic (exact) mass is 388 g/mol. The molecule has 152 valence electrons. The van der Waals surface area contributed by atoms with Crippen LogP contribution >= 0.6 is 0 Å². The Morgan fingerprint density at radius 3 is 2.75 bits per heavy atom. The number of piperidine rings is 1. The van der Waals surface area contributed by atoms with Crippen LogP contribution in [0.1, 0.15) is 12.8 Å². The van der Waals surface area contributed by atoms with Gasteiger partial charge in [-0.05, 0) is 25.0 Å². The second-order valence-corrected chi connectivity index (χ2v) is 7.65. The summed E-state index contributed by atoms with van der Waals surface area (Å²) < 4.78 is 10.9. The number of likely N-dealkylation sites (tertiary alicyclic amines) is 1. The zero-order valence-electron chi connectivity index (χ0n) is 16.3. The van der Waals surface area contributed by atoms with Gasteiger partial charge in [-0.2, -0.15) is 4.98 Å². The van der Waals surface area contributed by atoms with Gasteiger partial charge in [-0.25, -0.2) is 0 Å². The summed E-state index contributed by atoms with van der Waals surface area (Å²) in [6, 6.07) is 8.39. The number of methoxy groups -OCH3 is 1. The zero-order chi connectivity index (χ0) is 19.6. The Bertz CT molecular complexity index is 784. The first-order valence-electron chi connectivity index (χ1n) is 9.93. The summed E-state index contributed by atoms with van der Waals surface area (Å²) in [4.78, 5) is 23.3. The molecule has 4 rings (SSSR count). The average Bonchev–Trinajstić information content (AvgIpc) is 3.14. The Morgan fingerprint density at radius 2 is 2.00 bits per heavy atom. The van der Waals surface area contributed by atoms with Crippen molar-refractivity contribution in [2.75, 3.05) is 64.4 Å². The molecule has 2 fully saturated rings. The normalized spacial score (nSPS) is 24.3. The standard InChI is InChI=1S/C20H28N4O4/c1-27-14-13-23-8-4-7-20(26,18(23)25)15-22-9-11-24(12-10-22)19-21-16-5-2-3-6-17(16)28-19/h2-3,5-6,26H,4,7-15H2,1H3/t20-/m1/s1. The summed E-state index contributed by atoms with van der Waals surface area (Å²) in [7, 11) is 1.62. The van der Waals surface area contributed by atoms with Crippen LogP contribution in [0.2, 0.25) is 0 Å². The number of hydrogen-bond acceptors (Lipinski definition) is 7. The summed E-state index contributed by atoms with van der Waals surface area (Å²) in [6.07, 6.45) is 1.33. The Hall–Kier alpha value is -2.16. The smallest absolute Gasteiger partial charge is 0.298 e. The number of carbonyl (C=O) groups excluding carboxylic acids is 1. The topological polar surface area (TPSA) is 82.3 Å². The number of aromatic nitrogens is 1. The van der Waals surface area contributed by atoms with Gasteiger partial charge in [0, 0.05) is 52.9 Å². The second-order valence-electron chi connectivity index (χ2n) is 7.65. The fourth-order valence-corrected chi connectivity index (χ4v) is 4.09. The number of β-amino-alcohol motifs (C(OH)–C–C–N with tert-alkyl or cyclic N) is 1. The van der Waals surface area contributed by atoms with Gasteiger partial charge < -0.3 is 24.1 Å². The fourth-order valence-electron chi connectivity index (χ4n) is 4.09. The largest absolute Gasteiger partial charge is 0.423 e. The van der Waals surface area contributed by atoms with Crippen molar-refractivity contribution in [3.8, 4) is 0 Å². The van der Waals surface area contributed by atoms with Crippen molar-refractivity contribution in [2.45, 2.75) is 18.4 Å². The number of rotatable bonds is 6. The molecule has 2 aliphatic heterocycles. The van der Waals surface area contributed by atoms with E-state index in [2.05, 4.69) is 14.8 Å². The van der Waals surface area contributed by atoms with Crippen LogP contribution in [0, 0.1) is 0 Å². The number of ether oxygens (including phenoxy) is 1. The Kier molecular flexibility index (Phi) is 5.52. The maximum Gasteiger partial charge on any atom is 0.298 e. The number of hydrogen-bond donors (Lipinski definition) is 1. The van der Waals surface area contributed by atoms with Crippen molar-refractivity contribution in [2.24, 2.45) is 0 Å². The number of benzene rings is 1. The number of carbonyl (C=O) groups is 1. The van der Waals surface area contributed by atoms with Gasteiger partial charge in [0.15, 0.2) is 11.2 Å². The molecule has 2 saturated heterocycles. The number of piperazine rings is 1. The minimum atomic E-state index is -1.30. The van der Waals surface area contributed by atoms with Gasteiger partial charge in [0.2, 0.25) is 0 Å². The molecule has 0 unspecified atom stereocenters. The van der Waals surface area contributed by atoms with Gasteiger partial charge in [0.05, 0.1) is 6.61 Å². The van der Waals surface area contributed by atoms with Crippen molar-refractivity contribution in [3.63, 3.8) is 0 Å². The molecule has 0 bridgehead atoms. The Morgan fingerprint density at radius 1 is 1.21 bits per heavy atom. The lowest BCUT2D eigenvalue weighted by molar-refractivity contribution is -0.160. The van der Waals surface area contributed by atoms with Gasteiger partial charge in [0.1, 0.15) is 5.52 Å². The van der Waals surface area contributed by atoms with E-state index in [4.69, 9.17) is 9.15 Å². The highest BCUT2D eigenvalue weighted by Gasteiger charge is 2.43. The molecule has 1 aromatic carbocycles. The Labute approximate surface area is 164 Å². The van der Waals surface area contributed by atoms with E-state index in [1.807, 2.05) is 24.3 Å². The van der Waals surface area contributed by atoms with E-state index >= 15 is 0 Å². The van der Waals surface area contributed by atoms with Gasteiger partial charge in [-0.15, -0.1) is 0 Å². The predicted octanol–water partition coefficient (Wildman–Crippen LogP) is 0.950. The average molecular weight is 388 g/mol. The van der Waals surface area contributed by atoms with E-state index in [9.17, 15) is 9.90 Å². The number of para-hydroxylation sites is 2. The minimum absolute atomic E-state index is 0.169. The van der Waals surface area contributed by atoms with E-state index in [0.717, 1.165) is 43.7 Å². The Balaban J connectivity index is 1.35. The van der Waals surface area contributed by atoms with Crippen LogP contribution in [0.4, 0.5) is 6.01 Å². The maximum atomic E-state index is 12.8. The van der Waals surface area contributed by atoms with Gasteiger partial charge in [-0.3, -0.25) is 9.69 Å². The van der Waals surface area contributed by atoms with E-state index in [1.54, 1.807) is 12.0 Å². The van der Waals surface area contributed by atoms with Crippen molar-refractivity contribution in [1.29, 1.82) is 0 Å². The van der Waals surface area contributed by atoms with Crippen molar-refractivity contribution in [3.05, 3.63) is 24.3 Å². The maximum absolute atomic E-state index is 12.8. The molecule has 8 nitrogen and oxygen atoms in total. The van der Waals surface area contributed by atoms with Gasteiger partial charge in [0.25, 0.3) is 11.9 Å². The highest BCUT2D eigenvalue weighted by molar-refractivity contribution is 5.86. The van der Waals surface area contributed by atoms with E-state index in [0.29, 0.717) is 38.7 Å². The number of anilines is 1. The van der Waals surface area contributed by atoms with E-state index in [1.165, 1.54) is 0 Å². The molecule has 1 N–H and O–H groups in total. The molecule has 28 heavy (non-hydrogen) atoms. The van der Waals surface area contributed by atoms with Gasteiger partial charge >= 0.3 is 0 Å². The predicted molar refractivity (Wildman–Crippen MR) is 105 cm³/mol. The first-order chi connectivity index (χ1) is 13.6. The quantitative estimate of drug-likeness (QED) is 0.789. The van der Waals surface area contributed by atoms with Crippen molar-refractivity contribution in [1.82, 2.24) is 14.8 Å². The highest BCUT2D eigenvalue weighted by atomic mass is 16.5. The van der Waals surface area contributed by atoms with Crippen LogP contribution in [-0.2, 0) is 9.53 Å². The molecule has 0 saturated carbocycles. The van der Waals surface area contributed by atoms with E-state index in [-0.39, 0.29) is 5.91 Å². The third kappa shape index (κ3) is 3.85. The molecule has 1 atom stereocenters. The molecule has 1 amide bonds. The van der Waals surface area contributed by atoms with Crippen LogP contribution in [0.3, 0.4) is 0 Å². The molecule has 0 radical (unpaired) electrons. The molecule has 3 heterocycles. The molecule has 1 aromatic heterocycles. The number of fused-ring (bicyclic) bond motifs is 1. The summed E-state index contributed by atoms with van der Waals surface area (Å²) in [5.41, 5.74) is 0.350.